The summed E-state index contributed by atoms with van der Waals surface area (Å²) >= 11 is 0. The van der Waals surface area contributed by atoms with Crippen molar-refractivity contribution in [2.75, 3.05) is 6.61 Å². The average molecular weight is 203 g/mol. The Morgan fingerprint density at radius 1 is 1.47 bits per heavy atom. The van der Waals surface area contributed by atoms with Gasteiger partial charge in [-0.25, -0.2) is 14.8 Å². The number of carbonyl (C=O) groups excluding carboxylic acids is 1. The van der Waals surface area contributed by atoms with Crippen molar-refractivity contribution in [3.8, 4) is 0 Å². The molecule has 0 unspecified atom stereocenters. The van der Waals surface area contributed by atoms with E-state index in [2.05, 4.69) is 15.0 Å². The highest BCUT2D eigenvalue weighted by atomic mass is 16.5. The Labute approximate surface area is 86.1 Å². The number of ether oxygens (including phenoxy) is 1. The Morgan fingerprint density at radius 3 is 3.13 bits per heavy atom. The van der Waals surface area contributed by atoms with Crippen molar-refractivity contribution >= 4 is 17.1 Å². The minimum absolute atomic E-state index is 0.183. The molecule has 0 saturated heterocycles. The fourth-order valence-electron chi connectivity index (χ4n) is 1.15. The number of rotatable bonds is 2. The third kappa shape index (κ3) is 1.90. The molecule has 2 rings (SSSR count). The number of fused-ring (bicyclic) bond motifs is 1. The quantitative estimate of drug-likeness (QED) is 0.686. The number of nitrogens with zero attached hydrogens (tertiary/aromatic N) is 3. The molecule has 2 heterocycles. The van der Waals surface area contributed by atoms with Gasteiger partial charge in [-0.05, 0) is 19.1 Å². The van der Waals surface area contributed by atoms with Gasteiger partial charge in [0.1, 0.15) is 5.52 Å². The summed E-state index contributed by atoms with van der Waals surface area (Å²) in [4.78, 5) is 23.4. The maximum atomic E-state index is 11.3. The molecule has 0 N–H and O–H groups in total. The molecule has 0 radical (unpaired) electrons. The molecule has 76 valence electrons. The second-order valence-corrected chi connectivity index (χ2v) is 2.82. The van der Waals surface area contributed by atoms with Gasteiger partial charge in [0, 0.05) is 6.20 Å². The minimum atomic E-state index is -0.474. The van der Waals surface area contributed by atoms with E-state index < -0.39 is 5.97 Å². The van der Waals surface area contributed by atoms with E-state index in [1.54, 1.807) is 25.3 Å². The predicted octanol–water partition coefficient (Wildman–Crippen LogP) is 1.20. The molecule has 0 saturated carbocycles. The molecule has 0 amide bonds. The molecular weight excluding hydrogens is 194 g/mol. The molecule has 0 aromatic carbocycles. The zero-order valence-electron chi connectivity index (χ0n) is 8.17. The van der Waals surface area contributed by atoms with E-state index >= 15 is 0 Å². The Kier molecular flexibility index (Phi) is 2.53. The van der Waals surface area contributed by atoms with Gasteiger partial charge in [0.2, 0.25) is 0 Å². The molecule has 0 aliphatic rings. The molecule has 2 aromatic heterocycles. The zero-order chi connectivity index (χ0) is 10.7. The number of pyridine rings is 1. The average Bonchev–Trinajstić information content (AvgIpc) is 2.29. The number of hydrogen-bond donors (Lipinski definition) is 0. The van der Waals surface area contributed by atoms with Crippen LogP contribution in [0, 0.1) is 0 Å². The van der Waals surface area contributed by atoms with Gasteiger partial charge in [-0.2, -0.15) is 0 Å². The first-order valence-electron chi connectivity index (χ1n) is 4.56. The molecular formula is C10H9N3O2. The summed E-state index contributed by atoms with van der Waals surface area (Å²) < 4.78 is 4.81. The van der Waals surface area contributed by atoms with Gasteiger partial charge in [-0.3, -0.25) is 4.98 Å². The van der Waals surface area contributed by atoms with E-state index in [1.165, 1.54) is 6.20 Å². The van der Waals surface area contributed by atoms with E-state index in [0.717, 1.165) is 0 Å². The van der Waals surface area contributed by atoms with Gasteiger partial charge >= 0.3 is 5.97 Å². The SMILES string of the molecule is CCOC(=O)c1cnc2cccnc2n1. The van der Waals surface area contributed by atoms with E-state index in [0.29, 0.717) is 17.8 Å². The summed E-state index contributed by atoms with van der Waals surface area (Å²) in [5.41, 5.74) is 1.29. The molecule has 0 aliphatic carbocycles. The molecule has 0 fully saturated rings. The van der Waals surface area contributed by atoms with E-state index in [4.69, 9.17) is 4.74 Å². The second-order valence-electron chi connectivity index (χ2n) is 2.82. The van der Waals surface area contributed by atoms with Crippen LogP contribution in [-0.4, -0.2) is 27.5 Å². The molecule has 0 aliphatic heterocycles. The van der Waals surface area contributed by atoms with Crippen molar-refractivity contribution in [1.29, 1.82) is 0 Å². The van der Waals surface area contributed by atoms with Crippen LogP contribution in [0.2, 0.25) is 0 Å². The van der Waals surface area contributed by atoms with Gasteiger partial charge in [0.15, 0.2) is 11.3 Å². The Morgan fingerprint density at radius 2 is 2.33 bits per heavy atom. The summed E-state index contributed by atoms with van der Waals surface area (Å²) in [6.45, 7) is 2.06. The first-order valence-corrected chi connectivity index (χ1v) is 4.56. The largest absolute Gasteiger partial charge is 0.461 e. The van der Waals surface area contributed by atoms with Crippen molar-refractivity contribution < 1.29 is 9.53 Å². The fraction of sp³-hybridized carbons (Fsp3) is 0.200. The van der Waals surface area contributed by atoms with E-state index in [9.17, 15) is 4.79 Å². The van der Waals surface area contributed by atoms with Gasteiger partial charge in [0.25, 0.3) is 0 Å². The molecule has 2 aromatic rings. The lowest BCUT2D eigenvalue weighted by Gasteiger charge is -2.00. The molecule has 0 atom stereocenters. The van der Waals surface area contributed by atoms with Gasteiger partial charge in [-0.15, -0.1) is 0 Å². The van der Waals surface area contributed by atoms with E-state index in [-0.39, 0.29) is 5.69 Å². The maximum absolute atomic E-state index is 11.3. The van der Waals surface area contributed by atoms with Crippen LogP contribution in [-0.2, 0) is 4.74 Å². The van der Waals surface area contributed by atoms with Gasteiger partial charge < -0.3 is 4.74 Å². The maximum Gasteiger partial charge on any atom is 0.358 e. The van der Waals surface area contributed by atoms with Crippen LogP contribution >= 0.6 is 0 Å². The predicted molar refractivity (Wildman–Crippen MR) is 53.3 cm³/mol. The first-order chi connectivity index (χ1) is 7.31. The first kappa shape index (κ1) is 9.51. The summed E-state index contributed by atoms with van der Waals surface area (Å²) in [6.07, 6.45) is 2.99. The fourth-order valence-corrected chi connectivity index (χ4v) is 1.15. The van der Waals surface area contributed by atoms with Crippen molar-refractivity contribution in [2.24, 2.45) is 0 Å². The van der Waals surface area contributed by atoms with Gasteiger partial charge in [0.05, 0.1) is 12.8 Å². The lowest BCUT2D eigenvalue weighted by atomic mass is 10.4. The van der Waals surface area contributed by atoms with Crippen molar-refractivity contribution in [2.45, 2.75) is 6.92 Å². The Hall–Kier alpha value is -2.04. The summed E-state index contributed by atoms with van der Waals surface area (Å²) in [5, 5.41) is 0. The Bertz CT molecular complexity index is 499. The van der Waals surface area contributed by atoms with Crippen LogP contribution in [0.3, 0.4) is 0 Å². The van der Waals surface area contributed by atoms with E-state index in [1.807, 2.05) is 0 Å². The highest BCUT2D eigenvalue weighted by molar-refractivity contribution is 5.88. The smallest absolute Gasteiger partial charge is 0.358 e. The number of carbonyl (C=O) groups is 1. The third-order valence-corrected chi connectivity index (χ3v) is 1.80. The molecule has 15 heavy (non-hydrogen) atoms. The van der Waals surface area contributed by atoms with Crippen LogP contribution in [0.15, 0.2) is 24.5 Å². The Balaban J connectivity index is 2.42. The van der Waals surface area contributed by atoms with Crippen LogP contribution in [0.1, 0.15) is 17.4 Å². The normalized spacial score (nSPS) is 10.2. The topological polar surface area (TPSA) is 65.0 Å². The standard InChI is InChI=1S/C10H9N3O2/c1-2-15-10(14)8-6-12-7-4-3-5-11-9(7)13-8/h3-6H,2H2,1H3. The highest BCUT2D eigenvalue weighted by Gasteiger charge is 2.09. The lowest BCUT2D eigenvalue weighted by Crippen LogP contribution is -2.08. The summed E-state index contributed by atoms with van der Waals surface area (Å²) in [6, 6.07) is 3.55. The summed E-state index contributed by atoms with van der Waals surface area (Å²) in [5.74, 6) is -0.474. The highest BCUT2D eigenvalue weighted by Crippen LogP contribution is 2.06. The minimum Gasteiger partial charge on any atom is -0.461 e. The van der Waals surface area contributed by atoms with Crippen molar-refractivity contribution in [3.05, 3.63) is 30.2 Å². The third-order valence-electron chi connectivity index (χ3n) is 1.80. The van der Waals surface area contributed by atoms with Crippen LogP contribution < -0.4 is 0 Å². The van der Waals surface area contributed by atoms with Crippen molar-refractivity contribution in [3.63, 3.8) is 0 Å². The number of aromatic nitrogens is 3. The van der Waals surface area contributed by atoms with Crippen LogP contribution in [0.5, 0.6) is 0 Å². The summed E-state index contributed by atoms with van der Waals surface area (Å²) in [7, 11) is 0. The molecule has 5 heteroatoms. The van der Waals surface area contributed by atoms with Crippen molar-refractivity contribution in [1.82, 2.24) is 15.0 Å². The van der Waals surface area contributed by atoms with Crippen LogP contribution in [0.25, 0.3) is 11.2 Å². The zero-order valence-corrected chi connectivity index (χ0v) is 8.17. The lowest BCUT2D eigenvalue weighted by molar-refractivity contribution is 0.0519. The number of hydrogen-bond acceptors (Lipinski definition) is 5. The van der Waals surface area contributed by atoms with Gasteiger partial charge in [-0.1, -0.05) is 0 Å². The molecule has 5 nitrogen and oxygen atoms in total. The monoisotopic (exact) mass is 203 g/mol. The number of esters is 1. The molecule has 0 spiro atoms. The van der Waals surface area contributed by atoms with Crippen LogP contribution in [0.4, 0.5) is 0 Å². The second kappa shape index (κ2) is 4.00. The molecule has 0 bridgehead atoms.